The lowest BCUT2D eigenvalue weighted by atomic mass is 9.94. The van der Waals surface area contributed by atoms with Gasteiger partial charge in [-0.2, -0.15) is 0 Å². The molecule has 160 valence electrons. The van der Waals surface area contributed by atoms with Crippen LogP contribution in [0.25, 0.3) is 17.0 Å². The molecule has 0 bridgehead atoms. The van der Waals surface area contributed by atoms with E-state index in [4.69, 9.17) is 4.74 Å². The van der Waals surface area contributed by atoms with Crippen molar-refractivity contribution in [2.45, 2.75) is 27.3 Å². The van der Waals surface area contributed by atoms with Crippen LogP contribution in [-0.2, 0) is 16.1 Å². The van der Waals surface area contributed by atoms with Crippen LogP contribution in [0.15, 0.2) is 42.6 Å². The number of H-pyrrole nitrogens is 1. The molecule has 1 aromatic carbocycles. The minimum atomic E-state index is -0.643. The molecule has 7 heteroatoms. The number of ether oxygens (including phenoxy) is 1. The predicted molar refractivity (Wildman–Crippen MR) is 121 cm³/mol. The van der Waals surface area contributed by atoms with Crippen molar-refractivity contribution >= 4 is 34.6 Å². The minimum absolute atomic E-state index is 0.122. The summed E-state index contributed by atoms with van der Waals surface area (Å²) < 4.78 is 5.77. The van der Waals surface area contributed by atoms with Crippen molar-refractivity contribution < 1.29 is 14.3 Å². The van der Waals surface area contributed by atoms with Gasteiger partial charge in [0.15, 0.2) is 11.6 Å². The van der Waals surface area contributed by atoms with Crippen molar-refractivity contribution in [3.8, 4) is 5.75 Å². The normalized spacial score (nSPS) is 15.3. The highest BCUT2D eigenvalue weighted by Gasteiger charge is 2.32. The highest BCUT2D eigenvalue weighted by molar-refractivity contribution is 5.96. The van der Waals surface area contributed by atoms with Gasteiger partial charge in [0.1, 0.15) is 6.61 Å². The van der Waals surface area contributed by atoms with E-state index in [2.05, 4.69) is 28.3 Å². The molecule has 0 fully saturated rings. The maximum atomic E-state index is 12.6. The molecule has 0 unspecified atom stereocenters. The molecule has 31 heavy (non-hydrogen) atoms. The van der Waals surface area contributed by atoms with Gasteiger partial charge in [-0.25, -0.2) is 4.98 Å². The third kappa shape index (κ3) is 4.17. The van der Waals surface area contributed by atoms with Crippen LogP contribution in [0.3, 0.4) is 0 Å². The van der Waals surface area contributed by atoms with Crippen LogP contribution in [-0.4, -0.2) is 40.3 Å². The molecule has 7 nitrogen and oxygen atoms in total. The third-order valence-corrected chi connectivity index (χ3v) is 5.57. The Labute approximate surface area is 181 Å². The number of anilines is 1. The van der Waals surface area contributed by atoms with E-state index in [0.29, 0.717) is 18.1 Å². The van der Waals surface area contributed by atoms with E-state index in [1.165, 1.54) is 11.5 Å². The molecule has 3 heterocycles. The maximum absolute atomic E-state index is 12.6. The van der Waals surface area contributed by atoms with E-state index in [9.17, 15) is 9.59 Å². The van der Waals surface area contributed by atoms with Gasteiger partial charge < -0.3 is 19.9 Å². The lowest BCUT2D eigenvalue weighted by Crippen LogP contribution is -2.33. The van der Waals surface area contributed by atoms with Crippen molar-refractivity contribution in [1.29, 1.82) is 0 Å². The zero-order chi connectivity index (χ0) is 22.2. The molecular weight excluding hydrogens is 392 g/mol. The van der Waals surface area contributed by atoms with Crippen molar-refractivity contribution in [1.82, 2.24) is 14.9 Å². The number of aryl methyl sites for hydroxylation is 1. The fourth-order valence-electron chi connectivity index (χ4n) is 3.46. The second kappa shape index (κ2) is 7.91. The number of carbonyl (C=O) groups excluding carboxylic acids is 2. The van der Waals surface area contributed by atoms with E-state index in [0.717, 1.165) is 22.3 Å². The molecule has 0 atom stereocenters. The van der Waals surface area contributed by atoms with Gasteiger partial charge in [0.05, 0.1) is 12.0 Å². The van der Waals surface area contributed by atoms with E-state index in [1.54, 1.807) is 30.3 Å². The van der Waals surface area contributed by atoms with Crippen LogP contribution in [0.4, 0.5) is 5.82 Å². The van der Waals surface area contributed by atoms with Gasteiger partial charge >= 0.3 is 0 Å². The number of fused-ring (bicyclic) bond motifs is 2. The summed E-state index contributed by atoms with van der Waals surface area (Å²) in [5.41, 5.74) is 3.31. The average Bonchev–Trinajstić information content (AvgIpc) is 3.00. The number of carbonyl (C=O) groups is 2. The Balaban J connectivity index is 1.46. The first-order valence-corrected chi connectivity index (χ1v) is 10.2. The predicted octanol–water partition coefficient (Wildman–Crippen LogP) is 3.90. The molecule has 4 rings (SSSR count). The number of nitrogens with zero attached hydrogens (tertiary/aromatic N) is 2. The largest absolute Gasteiger partial charge is 0.489 e. The number of pyridine rings is 1. The van der Waals surface area contributed by atoms with Gasteiger partial charge in [-0.3, -0.25) is 9.59 Å². The second-order valence-electron chi connectivity index (χ2n) is 8.54. The Morgan fingerprint density at radius 3 is 2.87 bits per heavy atom. The van der Waals surface area contributed by atoms with E-state index >= 15 is 0 Å². The van der Waals surface area contributed by atoms with Crippen molar-refractivity contribution in [3.63, 3.8) is 0 Å². The number of amides is 2. The van der Waals surface area contributed by atoms with Gasteiger partial charge in [0, 0.05) is 35.9 Å². The van der Waals surface area contributed by atoms with Gasteiger partial charge in [0.2, 0.25) is 11.8 Å². The second-order valence-corrected chi connectivity index (χ2v) is 8.54. The Morgan fingerprint density at radius 2 is 2.10 bits per heavy atom. The van der Waals surface area contributed by atoms with Gasteiger partial charge in [0.25, 0.3) is 0 Å². The number of aromatic amines is 1. The van der Waals surface area contributed by atoms with Crippen LogP contribution >= 0.6 is 0 Å². The Kier molecular flexibility index (Phi) is 5.27. The molecule has 0 spiro atoms. The fourth-order valence-corrected chi connectivity index (χ4v) is 3.46. The van der Waals surface area contributed by atoms with Gasteiger partial charge in [-0.1, -0.05) is 18.2 Å². The molecule has 0 aliphatic carbocycles. The summed E-state index contributed by atoms with van der Waals surface area (Å²) in [5, 5.41) is 3.96. The van der Waals surface area contributed by atoms with Gasteiger partial charge in [-0.05, 0) is 50.1 Å². The summed E-state index contributed by atoms with van der Waals surface area (Å²) >= 11 is 0. The first kappa shape index (κ1) is 20.7. The summed E-state index contributed by atoms with van der Waals surface area (Å²) in [4.78, 5) is 34.2. The summed E-state index contributed by atoms with van der Waals surface area (Å²) in [6.45, 7) is 6.43. The third-order valence-electron chi connectivity index (χ3n) is 5.57. The molecule has 2 amide bonds. The number of likely N-dealkylation sites (N-methyl/N-ethyl adjacent to an activating group) is 1. The fraction of sp³-hybridized carbons (Fsp3) is 0.292. The van der Waals surface area contributed by atoms with Gasteiger partial charge in [-0.15, -0.1) is 0 Å². The molecule has 1 aliphatic heterocycles. The van der Waals surface area contributed by atoms with Crippen LogP contribution in [0, 0.1) is 12.3 Å². The number of hydrogen-bond donors (Lipinski definition) is 2. The summed E-state index contributed by atoms with van der Waals surface area (Å²) in [7, 11) is 1.77. The quantitative estimate of drug-likeness (QED) is 0.629. The van der Waals surface area contributed by atoms with Crippen LogP contribution < -0.4 is 10.1 Å². The molecule has 1 aliphatic rings. The highest BCUT2D eigenvalue weighted by atomic mass is 16.5. The molecule has 2 N–H and O–H groups in total. The van der Waals surface area contributed by atoms with Crippen LogP contribution in [0.5, 0.6) is 5.75 Å². The molecular formula is C24H26N4O3. The molecule has 0 saturated heterocycles. The highest BCUT2D eigenvalue weighted by Crippen LogP contribution is 2.31. The Bertz CT molecular complexity index is 1190. The molecule has 0 saturated carbocycles. The number of aromatic nitrogens is 2. The first-order valence-electron chi connectivity index (χ1n) is 10.2. The van der Waals surface area contributed by atoms with Crippen LogP contribution in [0.1, 0.15) is 30.7 Å². The summed E-state index contributed by atoms with van der Waals surface area (Å²) in [5.74, 6) is 0.635. The van der Waals surface area contributed by atoms with Crippen LogP contribution in [0.2, 0.25) is 0 Å². The Morgan fingerprint density at radius 1 is 1.32 bits per heavy atom. The zero-order valence-corrected chi connectivity index (χ0v) is 18.2. The molecule has 2 aromatic heterocycles. The zero-order valence-electron chi connectivity index (χ0n) is 18.2. The van der Waals surface area contributed by atoms with E-state index in [-0.39, 0.29) is 18.4 Å². The van der Waals surface area contributed by atoms with E-state index < -0.39 is 5.41 Å². The maximum Gasteiger partial charge on any atom is 0.246 e. The van der Waals surface area contributed by atoms with E-state index in [1.807, 2.05) is 32.0 Å². The Hall–Kier alpha value is -3.61. The number of para-hydroxylation sites is 1. The first-order chi connectivity index (χ1) is 14.7. The number of nitrogens with one attached hydrogen (secondary N) is 2. The minimum Gasteiger partial charge on any atom is -0.489 e. The SMILES string of the molecule is Cc1c(CN(C)C(=O)/C=C/c2cnc3c(c2)OCC(C)(C)C(=O)N3)[nH]c2ccccc12. The standard InChI is InChI=1S/C24H26N4O3/c1-15-17-7-5-6-8-18(17)26-19(15)13-28(4)21(29)10-9-16-11-20-22(25-12-16)27-23(30)24(2,3)14-31-20/h5-12,26H,13-14H2,1-4H3,(H,25,27,30)/b10-9+. The lowest BCUT2D eigenvalue weighted by molar-refractivity contribution is -0.125. The number of benzene rings is 1. The summed E-state index contributed by atoms with van der Waals surface area (Å²) in [6, 6.07) is 9.88. The monoisotopic (exact) mass is 418 g/mol. The average molecular weight is 418 g/mol. The molecule has 0 radical (unpaired) electrons. The number of hydrogen-bond acceptors (Lipinski definition) is 4. The van der Waals surface area contributed by atoms with Crippen molar-refractivity contribution in [2.75, 3.05) is 19.0 Å². The van der Waals surface area contributed by atoms with Crippen molar-refractivity contribution in [3.05, 3.63) is 59.4 Å². The topological polar surface area (TPSA) is 87.3 Å². The lowest BCUT2D eigenvalue weighted by Gasteiger charge is -2.18. The number of rotatable bonds is 4. The molecule has 3 aromatic rings. The van der Waals surface area contributed by atoms with Crippen molar-refractivity contribution in [2.24, 2.45) is 5.41 Å². The summed E-state index contributed by atoms with van der Waals surface area (Å²) in [6.07, 6.45) is 4.82. The smallest absolute Gasteiger partial charge is 0.246 e.